The lowest BCUT2D eigenvalue weighted by atomic mass is 10.1. The van der Waals surface area contributed by atoms with Crippen molar-refractivity contribution in [2.45, 2.75) is 0 Å². The third-order valence-electron chi connectivity index (χ3n) is 3.27. The summed E-state index contributed by atoms with van der Waals surface area (Å²) in [4.78, 5) is 23.9. The first-order chi connectivity index (χ1) is 11.6. The monoisotopic (exact) mass is 344 g/mol. The van der Waals surface area contributed by atoms with Crippen LogP contribution in [0.1, 0.15) is 16.1 Å². The number of rotatable bonds is 3. The molecule has 6 nitrogen and oxygen atoms in total. The smallest absolute Gasteiger partial charge is 0.267 e. The van der Waals surface area contributed by atoms with E-state index in [0.717, 1.165) is 6.21 Å². The lowest BCUT2D eigenvalue weighted by Gasteiger charge is -2.03. The number of hydrogen-bond acceptors (Lipinski definition) is 4. The summed E-state index contributed by atoms with van der Waals surface area (Å²) in [5, 5.41) is 10.6. The number of amides is 1. The molecule has 0 spiro atoms. The van der Waals surface area contributed by atoms with E-state index in [2.05, 4.69) is 20.7 Å². The largest absolute Gasteiger partial charge is 0.292 e. The lowest BCUT2D eigenvalue weighted by Crippen LogP contribution is -2.22. The normalized spacial score (nSPS) is 11.1. The molecule has 0 aliphatic carbocycles. The molecular formula is C16H10ClFN4O2. The molecule has 0 aliphatic rings. The number of H-pyrrole nitrogens is 1. The Labute approximate surface area is 140 Å². The molecule has 0 aliphatic heterocycles. The van der Waals surface area contributed by atoms with Gasteiger partial charge in [0, 0.05) is 10.9 Å². The number of nitrogens with one attached hydrogen (secondary N) is 2. The minimum absolute atomic E-state index is 0.00183. The van der Waals surface area contributed by atoms with Gasteiger partial charge in [-0.1, -0.05) is 35.9 Å². The molecule has 24 heavy (non-hydrogen) atoms. The molecule has 0 unspecified atom stereocenters. The maximum absolute atomic E-state index is 13.6. The molecule has 3 rings (SSSR count). The van der Waals surface area contributed by atoms with Crippen LogP contribution in [0.4, 0.5) is 4.39 Å². The zero-order valence-electron chi connectivity index (χ0n) is 12.1. The molecule has 120 valence electrons. The average molecular weight is 345 g/mol. The number of halogens is 2. The first kappa shape index (κ1) is 15.8. The van der Waals surface area contributed by atoms with Gasteiger partial charge in [0.1, 0.15) is 5.82 Å². The number of benzene rings is 2. The molecule has 3 aromatic rings. The first-order valence-electron chi connectivity index (χ1n) is 6.83. The summed E-state index contributed by atoms with van der Waals surface area (Å²) in [5.74, 6) is -1.21. The lowest BCUT2D eigenvalue weighted by molar-refractivity contribution is 0.0951. The summed E-state index contributed by atoms with van der Waals surface area (Å²) in [7, 11) is 0. The van der Waals surface area contributed by atoms with E-state index in [1.54, 1.807) is 24.3 Å². The Kier molecular flexibility index (Phi) is 4.35. The summed E-state index contributed by atoms with van der Waals surface area (Å²) in [5.41, 5.74) is 1.89. The van der Waals surface area contributed by atoms with Gasteiger partial charge in [-0.25, -0.2) is 14.9 Å². The molecule has 2 aromatic carbocycles. The highest BCUT2D eigenvalue weighted by molar-refractivity contribution is 6.33. The van der Waals surface area contributed by atoms with Crippen LogP contribution in [0.2, 0.25) is 5.02 Å². The van der Waals surface area contributed by atoms with E-state index in [4.69, 9.17) is 11.6 Å². The van der Waals surface area contributed by atoms with Gasteiger partial charge in [-0.15, -0.1) is 0 Å². The highest BCUT2D eigenvalue weighted by Crippen LogP contribution is 2.16. The van der Waals surface area contributed by atoms with Crippen LogP contribution in [0.15, 0.2) is 52.4 Å². The van der Waals surface area contributed by atoms with Crippen LogP contribution in [0.25, 0.3) is 10.8 Å². The van der Waals surface area contributed by atoms with E-state index in [9.17, 15) is 14.0 Å². The van der Waals surface area contributed by atoms with Crippen molar-refractivity contribution in [1.82, 2.24) is 15.6 Å². The van der Waals surface area contributed by atoms with Crippen molar-refractivity contribution >= 4 is 34.5 Å². The predicted octanol–water partition coefficient (Wildman–Crippen LogP) is 2.48. The van der Waals surface area contributed by atoms with Crippen LogP contribution in [-0.2, 0) is 0 Å². The maximum atomic E-state index is 13.6. The Morgan fingerprint density at radius 1 is 1.21 bits per heavy atom. The molecule has 0 fully saturated rings. The van der Waals surface area contributed by atoms with Gasteiger partial charge in [0.25, 0.3) is 11.5 Å². The number of fused-ring (bicyclic) bond motifs is 1. The Morgan fingerprint density at radius 3 is 2.71 bits per heavy atom. The van der Waals surface area contributed by atoms with Crippen molar-refractivity contribution < 1.29 is 9.18 Å². The molecule has 8 heteroatoms. The van der Waals surface area contributed by atoms with Gasteiger partial charge < -0.3 is 0 Å². The number of nitrogens with zero attached hydrogens (tertiary/aromatic N) is 2. The van der Waals surface area contributed by atoms with E-state index < -0.39 is 17.3 Å². The molecule has 0 saturated carbocycles. The van der Waals surface area contributed by atoms with Crippen LogP contribution in [0.5, 0.6) is 0 Å². The summed E-state index contributed by atoms with van der Waals surface area (Å²) in [6.07, 6.45) is 1.10. The zero-order valence-corrected chi connectivity index (χ0v) is 12.8. The Morgan fingerprint density at radius 2 is 1.96 bits per heavy atom. The van der Waals surface area contributed by atoms with E-state index in [0.29, 0.717) is 10.8 Å². The second kappa shape index (κ2) is 6.59. The number of hydrazone groups is 1. The summed E-state index contributed by atoms with van der Waals surface area (Å²) in [6.45, 7) is 0. The van der Waals surface area contributed by atoms with Crippen LogP contribution < -0.4 is 11.0 Å². The first-order valence-corrected chi connectivity index (χ1v) is 7.20. The molecule has 1 aromatic heterocycles. The molecule has 1 heterocycles. The minimum Gasteiger partial charge on any atom is -0.267 e. The van der Waals surface area contributed by atoms with Crippen LogP contribution >= 0.6 is 11.6 Å². The highest BCUT2D eigenvalue weighted by atomic mass is 35.5. The zero-order chi connectivity index (χ0) is 17.1. The third-order valence-corrected chi connectivity index (χ3v) is 3.60. The Hall–Kier alpha value is -3.06. The Bertz CT molecular complexity index is 996. The Balaban J connectivity index is 1.88. The van der Waals surface area contributed by atoms with Gasteiger partial charge >= 0.3 is 0 Å². The molecule has 0 bridgehead atoms. The van der Waals surface area contributed by atoms with Crippen molar-refractivity contribution in [3.63, 3.8) is 0 Å². The van der Waals surface area contributed by atoms with E-state index in [-0.39, 0.29) is 16.3 Å². The summed E-state index contributed by atoms with van der Waals surface area (Å²) in [6, 6.07) is 10.7. The third kappa shape index (κ3) is 3.02. The van der Waals surface area contributed by atoms with Gasteiger partial charge in [0.05, 0.1) is 16.6 Å². The van der Waals surface area contributed by atoms with E-state index in [1.807, 2.05) is 0 Å². The molecule has 1 amide bonds. The van der Waals surface area contributed by atoms with Crippen LogP contribution in [-0.4, -0.2) is 22.3 Å². The molecule has 0 atom stereocenters. The van der Waals surface area contributed by atoms with Gasteiger partial charge in [-0.3, -0.25) is 9.59 Å². The average Bonchev–Trinajstić information content (AvgIpc) is 2.58. The van der Waals surface area contributed by atoms with Crippen molar-refractivity contribution in [2.75, 3.05) is 0 Å². The SMILES string of the molecule is O=C(N/N=C/c1c(F)cccc1Cl)c1n[nH]c(=O)c2ccccc12. The topological polar surface area (TPSA) is 87.2 Å². The minimum atomic E-state index is -0.647. The quantitative estimate of drug-likeness (QED) is 0.565. The fourth-order valence-corrected chi connectivity index (χ4v) is 2.34. The fraction of sp³-hybridized carbons (Fsp3) is 0. The number of carbonyl (C=O) groups excluding carboxylic acids is 1. The summed E-state index contributed by atoms with van der Waals surface area (Å²) < 4.78 is 13.6. The van der Waals surface area contributed by atoms with Gasteiger partial charge in [-0.2, -0.15) is 10.2 Å². The van der Waals surface area contributed by atoms with Crippen molar-refractivity contribution in [1.29, 1.82) is 0 Å². The number of aromatic amines is 1. The molecule has 0 saturated heterocycles. The number of carbonyl (C=O) groups is 1. The second-order valence-electron chi connectivity index (χ2n) is 4.78. The van der Waals surface area contributed by atoms with Gasteiger partial charge in [0.15, 0.2) is 5.69 Å². The molecule has 0 radical (unpaired) electrons. The number of aromatic nitrogens is 2. The van der Waals surface area contributed by atoms with Crippen molar-refractivity contribution in [3.8, 4) is 0 Å². The van der Waals surface area contributed by atoms with Gasteiger partial charge in [-0.05, 0) is 18.2 Å². The highest BCUT2D eigenvalue weighted by Gasteiger charge is 2.13. The van der Waals surface area contributed by atoms with Crippen LogP contribution in [0, 0.1) is 5.82 Å². The van der Waals surface area contributed by atoms with E-state index in [1.165, 1.54) is 18.2 Å². The van der Waals surface area contributed by atoms with Crippen molar-refractivity contribution in [3.05, 3.63) is 74.9 Å². The predicted molar refractivity (Wildman–Crippen MR) is 88.8 cm³/mol. The standard InChI is InChI=1S/C16H10ClFN4O2/c17-12-6-3-7-13(18)11(12)8-19-21-16(24)14-9-4-1-2-5-10(9)15(23)22-20-14/h1-8H,(H,21,24)(H,22,23)/b19-8+. The van der Waals surface area contributed by atoms with Crippen molar-refractivity contribution in [2.24, 2.45) is 5.10 Å². The molecule has 2 N–H and O–H groups in total. The fourth-order valence-electron chi connectivity index (χ4n) is 2.13. The van der Waals surface area contributed by atoms with Crippen LogP contribution in [0.3, 0.4) is 0 Å². The number of hydrogen-bond donors (Lipinski definition) is 2. The molecular weight excluding hydrogens is 335 g/mol. The van der Waals surface area contributed by atoms with E-state index >= 15 is 0 Å². The second-order valence-corrected chi connectivity index (χ2v) is 5.19. The van der Waals surface area contributed by atoms with Gasteiger partial charge in [0.2, 0.25) is 0 Å². The summed E-state index contributed by atoms with van der Waals surface area (Å²) >= 11 is 5.86. The maximum Gasteiger partial charge on any atom is 0.292 e.